The Bertz CT molecular complexity index is 655. The smallest absolute Gasteiger partial charge is 0.124 e. The van der Waals surface area contributed by atoms with Gasteiger partial charge < -0.3 is 9.30 Å². The molecule has 0 aliphatic carbocycles. The number of aromatic nitrogens is 2. The highest BCUT2D eigenvalue weighted by Crippen LogP contribution is 2.24. The van der Waals surface area contributed by atoms with Crippen molar-refractivity contribution in [3.8, 4) is 6.07 Å². The van der Waals surface area contributed by atoms with Crippen molar-refractivity contribution in [1.29, 1.82) is 5.26 Å². The zero-order chi connectivity index (χ0) is 14.8. The Balaban J connectivity index is 2.11. The summed E-state index contributed by atoms with van der Waals surface area (Å²) in [5.74, 6) is 0. The second-order valence-electron chi connectivity index (χ2n) is 6.00. The molecule has 0 saturated heterocycles. The monoisotopic (exact) mass is 351 g/mol. The van der Waals surface area contributed by atoms with Crippen LogP contribution in [-0.4, -0.2) is 24.2 Å². The Labute approximate surface area is 128 Å². The number of hydrogen-bond acceptors (Lipinski definition) is 3. The van der Waals surface area contributed by atoms with Gasteiger partial charge in [0.2, 0.25) is 0 Å². The average Bonchev–Trinajstić information content (AvgIpc) is 2.77. The molecule has 2 aromatic rings. The molecule has 0 atom stereocenters. The molecule has 6 heteroatoms. The lowest BCUT2D eigenvalue weighted by molar-refractivity contribution is 0.0898. The minimum atomic E-state index is -1.06. The predicted molar refractivity (Wildman–Crippen MR) is 86.3 cm³/mol. The highest BCUT2D eigenvalue weighted by atomic mass is 79.9. The molecule has 0 fully saturated rings. The molecule has 0 saturated carbocycles. The van der Waals surface area contributed by atoms with Crippen LogP contribution in [0.1, 0.15) is 5.56 Å². The third kappa shape index (κ3) is 3.69. The van der Waals surface area contributed by atoms with Crippen molar-refractivity contribution in [2.24, 2.45) is 0 Å². The van der Waals surface area contributed by atoms with Gasteiger partial charge in [-0.2, -0.15) is 5.26 Å². The maximum absolute atomic E-state index is 9.03. The first-order valence-corrected chi connectivity index (χ1v) is 11.0. The fraction of sp³-hybridized carbons (Fsp3) is 0.429. The maximum atomic E-state index is 9.03. The number of ether oxygens (including phenoxy) is 1. The first-order chi connectivity index (χ1) is 9.40. The Morgan fingerprint density at radius 2 is 2.15 bits per heavy atom. The summed E-state index contributed by atoms with van der Waals surface area (Å²) in [5.41, 5.74) is 2.40. The topological polar surface area (TPSA) is 50.8 Å². The van der Waals surface area contributed by atoms with E-state index in [2.05, 4.69) is 46.6 Å². The summed E-state index contributed by atoms with van der Waals surface area (Å²) in [7, 11) is -1.06. The van der Waals surface area contributed by atoms with Crippen LogP contribution in [0.15, 0.2) is 22.9 Å². The molecule has 1 aromatic carbocycles. The Kier molecular flexibility index (Phi) is 4.63. The highest BCUT2D eigenvalue weighted by molar-refractivity contribution is 9.10. The van der Waals surface area contributed by atoms with Crippen LogP contribution >= 0.6 is 15.9 Å². The zero-order valence-corrected chi connectivity index (χ0v) is 14.6. The number of halogens is 1. The van der Waals surface area contributed by atoms with Gasteiger partial charge in [0.15, 0.2) is 0 Å². The molecular formula is C14H18BrN3OSi. The SMILES string of the molecule is C[Si](C)(C)CCOCn1cnc2c(Br)cc(C#N)cc21. The first kappa shape index (κ1) is 15.2. The number of benzene rings is 1. The van der Waals surface area contributed by atoms with E-state index in [1.54, 1.807) is 12.4 Å². The van der Waals surface area contributed by atoms with Crippen molar-refractivity contribution in [3.63, 3.8) is 0 Å². The van der Waals surface area contributed by atoms with Crippen LogP contribution in [0.25, 0.3) is 11.0 Å². The van der Waals surface area contributed by atoms with Gasteiger partial charge in [-0.25, -0.2) is 4.98 Å². The molecule has 0 unspecified atom stereocenters. The number of nitrogens with zero attached hydrogens (tertiary/aromatic N) is 3. The Morgan fingerprint density at radius 1 is 1.40 bits per heavy atom. The molecule has 0 amide bonds. The fourth-order valence-electron chi connectivity index (χ4n) is 1.83. The van der Waals surface area contributed by atoms with E-state index in [4.69, 9.17) is 10.00 Å². The van der Waals surface area contributed by atoms with E-state index in [1.807, 2.05) is 10.6 Å². The van der Waals surface area contributed by atoms with Gasteiger partial charge in [0.05, 0.1) is 23.5 Å². The van der Waals surface area contributed by atoms with Gasteiger partial charge in [0.1, 0.15) is 12.2 Å². The molecule has 0 aliphatic heterocycles. The van der Waals surface area contributed by atoms with Gasteiger partial charge in [0, 0.05) is 19.2 Å². The highest BCUT2D eigenvalue weighted by Gasteiger charge is 2.12. The lowest BCUT2D eigenvalue weighted by atomic mass is 10.2. The Morgan fingerprint density at radius 3 is 2.80 bits per heavy atom. The van der Waals surface area contributed by atoms with Crippen LogP contribution in [0.4, 0.5) is 0 Å². The number of hydrogen-bond donors (Lipinski definition) is 0. The number of rotatable bonds is 5. The van der Waals surface area contributed by atoms with E-state index < -0.39 is 8.07 Å². The summed E-state index contributed by atoms with van der Waals surface area (Å²) in [6, 6.07) is 6.93. The third-order valence-corrected chi connectivity index (χ3v) is 5.34. The first-order valence-electron chi connectivity index (χ1n) is 6.53. The van der Waals surface area contributed by atoms with Crippen molar-refractivity contribution < 1.29 is 4.74 Å². The molecule has 106 valence electrons. The number of fused-ring (bicyclic) bond motifs is 1. The molecule has 0 aliphatic rings. The van der Waals surface area contributed by atoms with Gasteiger partial charge in [0.25, 0.3) is 0 Å². The van der Waals surface area contributed by atoms with E-state index in [1.165, 1.54) is 0 Å². The molecule has 1 aromatic heterocycles. The van der Waals surface area contributed by atoms with Crippen LogP contribution in [0, 0.1) is 11.3 Å². The summed E-state index contributed by atoms with van der Waals surface area (Å²) in [4.78, 5) is 4.36. The van der Waals surface area contributed by atoms with Crippen LogP contribution in [0.3, 0.4) is 0 Å². The Hall–Kier alpha value is -1.16. The summed E-state index contributed by atoms with van der Waals surface area (Å²) < 4.78 is 8.51. The normalized spacial score (nSPS) is 11.8. The molecular weight excluding hydrogens is 334 g/mol. The van der Waals surface area contributed by atoms with E-state index in [-0.39, 0.29) is 0 Å². The lowest BCUT2D eigenvalue weighted by Crippen LogP contribution is -2.21. The predicted octanol–water partition coefficient (Wildman–Crippen LogP) is 3.98. The molecule has 1 heterocycles. The van der Waals surface area contributed by atoms with Crippen molar-refractivity contribution in [1.82, 2.24) is 9.55 Å². The average molecular weight is 352 g/mol. The maximum Gasteiger partial charge on any atom is 0.124 e. The minimum absolute atomic E-state index is 0.475. The third-order valence-electron chi connectivity index (χ3n) is 3.03. The van der Waals surface area contributed by atoms with E-state index in [9.17, 15) is 0 Å². The molecule has 20 heavy (non-hydrogen) atoms. The van der Waals surface area contributed by atoms with Crippen molar-refractivity contribution >= 4 is 35.0 Å². The van der Waals surface area contributed by atoms with Crippen molar-refractivity contribution in [3.05, 3.63) is 28.5 Å². The van der Waals surface area contributed by atoms with Crippen LogP contribution in [-0.2, 0) is 11.5 Å². The minimum Gasteiger partial charge on any atom is -0.361 e. The molecule has 0 spiro atoms. The second kappa shape index (κ2) is 6.08. The van der Waals surface area contributed by atoms with Gasteiger partial charge in [-0.15, -0.1) is 0 Å². The van der Waals surface area contributed by atoms with Crippen molar-refractivity contribution in [2.45, 2.75) is 32.4 Å². The van der Waals surface area contributed by atoms with Crippen molar-refractivity contribution in [2.75, 3.05) is 6.61 Å². The van der Waals surface area contributed by atoms with Gasteiger partial charge >= 0.3 is 0 Å². The number of imidazole rings is 1. The zero-order valence-electron chi connectivity index (χ0n) is 12.0. The van der Waals surface area contributed by atoms with Crippen LogP contribution in [0.2, 0.25) is 25.7 Å². The molecule has 0 radical (unpaired) electrons. The van der Waals surface area contributed by atoms with E-state index in [0.29, 0.717) is 12.3 Å². The number of nitriles is 1. The standard InChI is InChI=1S/C14H18BrN3OSi/c1-20(2,3)5-4-19-10-18-9-17-14-12(15)6-11(8-16)7-13(14)18/h6-7,9H,4-5,10H2,1-3H3. The lowest BCUT2D eigenvalue weighted by Gasteiger charge is -2.15. The summed E-state index contributed by atoms with van der Waals surface area (Å²) >= 11 is 3.45. The molecule has 2 rings (SSSR count). The second-order valence-corrected chi connectivity index (χ2v) is 12.5. The van der Waals surface area contributed by atoms with E-state index >= 15 is 0 Å². The molecule has 0 N–H and O–H groups in total. The summed E-state index contributed by atoms with van der Waals surface area (Å²) in [5, 5.41) is 9.03. The van der Waals surface area contributed by atoms with E-state index in [0.717, 1.165) is 28.2 Å². The van der Waals surface area contributed by atoms with Gasteiger partial charge in [-0.1, -0.05) is 19.6 Å². The summed E-state index contributed by atoms with van der Waals surface area (Å²) in [6.45, 7) is 8.24. The van der Waals surface area contributed by atoms with Gasteiger partial charge in [-0.05, 0) is 34.1 Å². The summed E-state index contributed by atoms with van der Waals surface area (Å²) in [6.07, 6.45) is 1.76. The fourth-order valence-corrected chi connectivity index (χ4v) is 3.14. The molecule has 4 nitrogen and oxygen atoms in total. The van der Waals surface area contributed by atoms with Crippen LogP contribution < -0.4 is 0 Å². The van der Waals surface area contributed by atoms with Crippen LogP contribution in [0.5, 0.6) is 0 Å². The molecule has 0 bridgehead atoms. The quantitative estimate of drug-likeness (QED) is 0.604. The largest absolute Gasteiger partial charge is 0.361 e. The van der Waals surface area contributed by atoms with Gasteiger partial charge in [-0.3, -0.25) is 0 Å².